The van der Waals surface area contributed by atoms with Crippen LogP contribution < -0.4 is 15.0 Å². The normalized spacial score (nSPS) is 15.6. The summed E-state index contributed by atoms with van der Waals surface area (Å²) < 4.78 is 10.3. The highest BCUT2D eigenvalue weighted by molar-refractivity contribution is 7.80. The molecule has 0 aromatic heterocycles. The van der Waals surface area contributed by atoms with Gasteiger partial charge in [0.15, 0.2) is 5.11 Å². The summed E-state index contributed by atoms with van der Waals surface area (Å²) in [7, 11) is 3.41. The van der Waals surface area contributed by atoms with Crippen LogP contribution in [0.5, 0.6) is 5.75 Å². The molecule has 1 saturated heterocycles. The molecule has 0 atom stereocenters. The fraction of sp³-hybridized carbons (Fsp3) is 0.562. The predicted octanol–water partition coefficient (Wildman–Crippen LogP) is -0.0834. The fourth-order valence-electron chi connectivity index (χ4n) is 2.65. The second-order valence-electron chi connectivity index (χ2n) is 5.49. The number of nitrogens with zero attached hydrogens (tertiary/aromatic N) is 1. The molecule has 1 fully saturated rings. The topological polar surface area (TPSA) is 38.2 Å². The van der Waals surface area contributed by atoms with Crippen molar-refractivity contribution in [2.75, 3.05) is 53.6 Å². The van der Waals surface area contributed by atoms with E-state index in [4.69, 9.17) is 21.7 Å². The molecule has 1 aliphatic heterocycles. The number of methoxy groups -OCH3 is 2. The zero-order valence-corrected chi connectivity index (χ0v) is 14.2. The Morgan fingerprint density at radius 1 is 1.32 bits per heavy atom. The van der Waals surface area contributed by atoms with E-state index in [2.05, 4.69) is 28.4 Å². The summed E-state index contributed by atoms with van der Waals surface area (Å²) in [5.74, 6) is 0.930. The lowest BCUT2D eigenvalue weighted by Gasteiger charge is -2.34. The lowest BCUT2D eigenvalue weighted by Crippen LogP contribution is -3.13. The summed E-state index contributed by atoms with van der Waals surface area (Å²) in [6.07, 6.45) is 0. The van der Waals surface area contributed by atoms with Gasteiger partial charge in [-0.15, -0.1) is 0 Å². The molecule has 2 N–H and O–H groups in total. The molecule has 2 rings (SSSR count). The maximum atomic E-state index is 5.42. The minimum Gasteiger partial charge on any atom is -0.497 e. The molecule has 22 heavy (non-hydrogen) atoms. The summed E-state index contributed by atoms with van der Waals surface area (Å²) in [6, 6.07) is 8.33. The molecule has 5 nitrogen and oxygen atoms in total. The molecular weight excluding hydrogens is 298 g/mol. The number of thiocarbonyl (C=S) groups is 1. The molecule has 122 valence electrons. The van der Waals surface area contributed by atoms with Crippen molar-refractivity contribution in [3.05, 3.63) is 29.8 Å². The maximum absolute atomic E-state index is 5.42. The first kappa shape index (κ1) is 17.0. The zero-order chi connectivity index (χ0) is 15.8. The third kappa shape index (κ3) is 5.12. The third-order valence-corrected chi connectivity index (χ3v) is 4.33. The van der Waals surface area contributed by atoms with E-state index in [9.17, 15) is 0 Å². The van der Waals surface area contributed by atoms with Crippen LogP contribution in [0.15, 0.2) is 24.3 Å². The van der Waals surface area contributed by atoms with Gasteiger partial charge in [0, 0.05) is 19.2 Å². The first-order valence-electron chi connectivity index (χ1n) is 7.71. The lowest BCUT2D eigenvalue weighted by atomic mass is 10.2. The van der Waals surface area contributed by atoms with Crippen molar-refractivity contribution >= 4 is 17.3 Å². The van der Waals surface area contributed by atoms with Crippen molar-refractivity contribution < 1.29 is 14.4 Å². The zero-order valence-electron chi connectivity index (χ0n) is 13.4. The van der Waals surface area contributed by atoms with E-state index in [1.54, 1.807) is 19.1 Å². The highest BCUT2D eigenvalue weighted by Gasteiger charge is 2.21. The van der Waals surface area contributed by atoms with Gasteiger partial charge in [0.25, 0.3) is 0 Å². The average Bonchev–Trinajstić information content (AvgIpc) is 2.56. The standard InChI is InChI=1S/C16H25N3O2S/c1-20-11-6-17-16(22)19-9-7-18(8-10-19)13-14-4-3-5-15(12-14)21-2/h3-5,12H,6-11,13H2,1-2H3,(H,17,22)/p+1. The second-order valence-corrected chi connectivity index (χ2v) is 5.88. The summed E-state index contributed by atoms with van der Waals surface area (Å²) in [5, 5.41) is 4.08. The van der Waals surface area contributed by atoms with E-state index in [1.165, 1.54) is 5.56 Å². The number of rotatable bonds is 6. The summed E-state index contributed by atoms with van der Waals surface area (Å²) in [4.78, 5) is 3.84. The van der Waals surface area contributed by atoms with Gasteiger partial charge in [-0.3, -0.25) is 0 Å². The molecule has 0 saturated carbocycles. The summed E-state index contributed by atoms with van der Waals surface area (Å²) in [6.45, 7) is 6.69. The number of piperazine rings is 1. The van der Waals surface area contributed by atoms with E-state index >= 15 is 0 Å². The van der Waals surface area contributed by atoms with Gasteiger partial charge in [-0.1, -0.05) is 12.1 Å². The van der Waals surface area contributed by atoms with Gasteiger partial charge >= 0.3 is 0 Å². The van der Waals surface area contributed by atoms with Gasteiger partial charge in [-0.05, 0) is 24.4 Å². The Morgan fingerprint density at radius 3 is 2.77 bits per heavy atom. The van der Waals surface area contributed by atoms with Gasteiger partial charge in [-0.2, -0.15) is 0 Å². The number of hydrogen-bond donors (Lipinski definition) is 2. The quantitative estimate of drug-likeness (QED) is 0.565. The Hall–Kier alpha value is -1.37. The highest BCUT2D eigenvalue weighted by atomic mass is 32.1. The van der Waals surface area contributed by atoms with Crippen molar-refractivity contribution in [1.29, 1.82) is 0 Å². The molecule has 1 aromatic carbocycles. The van der Waals surface area contributed by atoms with Gasteiger partial charge in [0.1, 0.15) is 12.3 Å². The number of hydrogen-bond acceptors (Lipinski definition) is 3. The van der Waals surface area contributed by atoms with E-state index in [1.807, 2.05) is 6.07 Å². The molecule has 1 aromatic rings. The minimum absolute atomic E-state index is 0.682. The van der Waals surface area contributed by atoms with Crippen molar-refractivity contribution in [1.82, 2.24) is 10.2 Å². The number of ether oxygens (including phenoxy) is 2. The van der Waals surface area contributed by atoms with Crippen molar-refractivity contribution in [2.45, 2.75) is 6.54 Å². The molecule has 0 aliphatic carbocycles. The minimum atomic E-state index is 0.682. The average molecular weight is 324 g/mol. The Labute approximate surface area is 138 Å². The Morgan fingerprint density at radius 2 is 2.09 bits per heavy atom. The van der Waals surface area contributed by atoms with Crippen LogP contribution in [0, 0.1) is 0 Å². The molecule has 0 bridgehead atoms. The number of quaternary nitrogens is 1. The first-order chi connectivity index (χ1) is 10.7. The monoisotopic (exact) mass is 324 g/mol. The first-order valence-corrected chi connectivity index (χ1v) is 8.12. The Balaban J connectivity index is 1.75. The second kappa shape index (κ2) is 8.92. The Kier molecular flexibility index (Phi) is 6.89. The highest BCUT2D eigenvalue weighted by Crippen LogP contribution is 2.11. The van der Waals surface area contributed by atoms with Gasteiger partial charge in [-0.25, -0.2) is 0 Å². The van der Waals surface area contributed by atoms with E-state index in [0.717, 1.165) is 50.1 Å². The molecule has 1 aliphatic rings. The summed E-state index contributed by atoms with van der Waals surface area (Å²) >= 11 is 5.42. The van der Waals surface area contributed by atoms with Crippen LogP contribution in [-0.4, -0.2) is 63.6 Å². The van der Waals surface area contributed by atoms with Crippen molar-refractivity contribution in [3.8, 4) is 5.75 Å². The van der Waals surface area contributed by atoms with Crippen LogP contribution in [0.3, 0.4) is 0 Å². The molecule has 6 heteroatoms. The van der Waals surface area contributed by atoms with E-state index in [-0.39, 0.29) is 0 Å². The molecule has 0 spiro atoms. The Bertz CT molecular complexity index is 476. The fourth-order valence-corrected chi connectivity index (χ4v) is 2.93. The van der Waals surface area contributed by atoms with Crippen LogP contribution in [0.4, 0.5) is 0 Å². The summed E-state index contributed by atoms with van der Waals surface area (Å²) in [5.41, 5.74) is 1.32. The largest absolute Gasteiger partial charge is 0.497 e. The molecular formula is C16H26N3O2S+. The SMILES string of the molecule is COCCNC(=S)N1CC[NH+](Cc2cccc(OC)c2)CC1. The van der Waals surface area contributed by atoms with Gasteiger partial charge < -0.3 is 24.6 Å². The third-order valence-electron chi connectivity index (χ3n) is 3.93. The number of benzene rings is 1. The predicted molar refractivity (Wildman–Crippen MR) is 91.4 cm³/mol. The van der Waals surface area contributed by atoms with E-state index in [0.29, 0.717) is 6.61 Å². The molecule has 0 radical (unpaired) electrons. The molecule has 0 unspecified atom stereocenters. The molecule has 0 amide bonds. The van der Waals surface area contributed by atoms with Crippen molar-refractivity contribution in [2.24, 2.45) is 0 Å². The van der Waals surface area contributed by atoms with Gasteiger partial charge in [0.05, 0.1) is 39.9 Å². The van der Waals surface area contributed by atoms with E-state index < -0.39 is 0 Å². The lowest BCUT2D eigenvalue weighted by molar-refractivity contribution is -0.917. The van der Waals surface area contributed by atoms with Gasteiger partial charge in [0.2, 0.25) is 0 Å². The van der Waals surface area contributed by atoms with Crippen LogP contribution in [-0.2, 0) is 11.3 Å². The van der Waals surface area contributed by atoms with Crippen LogP contribution >= 0.6 is 12.2 Å². The van der Waals surface area contributed by atoms with Crippen LogP contribution in [0.1, 0.15) is 5.56 Å². The van der Waals surface area contributed by atoms with Crippen molar-refractivity contribution in [3.63, 3.8) is 0 Å². The number of nitrogens with one attached hydrogen (secondary N) is 2. The van der Waals surface area contributed by atoms with Crippen LogP contribution in [0.25, 0.3) is 0 Å². The molecule has 1 heterocycles. The van der Waals surface area contributed by atoms with Crippen LogP contribution in [0.2, 0.25) is 0 Å². The smallest absolute Gasteiger partial charge is 0.169 e. The maximum Gasteiger partial charge on any atom is 0.169 e.